The maximum Gasteiger partial charge on any atom is 0.228 e. The van der Waals surface area contributed by atoms with Crippen LogP contribution in [0.25, 0.3) is 0 Å². The molecule has 90 valence electrons. The molecule has 6 nitrogen and oxygen atoms in total. The van der Waals surface area contributed by atoms with Crippen LogP contribution in [0.15, 0.2) is 0 Å². The Morgan fingerprint density at radius 2 is 2.00 bits per heavy atom. The van der Waals surface area contributed by atoms with Crippen molar-refractivity contribution in [2.75, 3.05) is 24.2 Å². The Bertz CT molecular complexity index is 336. The van der Waals surface area contributed by atoms with E-state index in [0.29, 0.717) is 24.9 Å². The number of aromatic nitrogens is 3. The summed E-state index contributed by atoms with van der Waals surface area (Å²) >= 11 is 5.71. The topological polar surface area (TPSA) is 83.0 Å². The summed E-state index contributed by atoms with van der Waals surface area (Å²) in [4.78, 5) is 11.8. The lowest BCUT2D eigenvalue weighted by atomic mass is 10.2. The molecule has 1 unspecified atom stereocenters. The number of hydrogen-bond donors (Lipinski definition) is 3. The molecule has 0 saturated heterocycles. The van der Waals surface area contributed by atoms with Crippen molar-refractivity contribution >= 4 is 23.5 Å². The smallest absolute Gasteiger partial charge is 0.228 e. The Labute approximate surface area is 99.5 Å². The summed E-state index contributed by atoms with van der Waals surface area (Å²) in [7, 11) is 1.70. The second-order valence-electron chi connectivity index (χ2n) is 3.28. The van der Waals surface area contributed by atoms with Crippen LogP contribution >= 0.6 is 11.6 Å². The highest BCUT2D eigenvalue weighted by molar-refractivity contribution is 6.28. The van der Waals surface area contributed by atoms with Crippen LogP contribution in [0.5, 0.6) is 0 Å². The van der Waals surface area contributed by atoms with Gasteiger partial charge in [0.25, 0.3) is 0 Å². The summed E-state index contributed by atoms with van der Waals surface area (Å²) in [5.74, 6) is 0.825. The first-order valence-corrected chi connectivity index (χ1v) is 5.54. The summed E-state index contributed by atoms with van der Waals surface area (Å²) in [6.45, 7) is 2.53. The molecule has 1 atom stereocenters. The zero-order valence-corrected chi connectivity index (χ0v) is 10.1. The predicted octanol–water partition coefficient (Wildman–Crippen LogP) is 1.14. The fourth-order valence-corrected chi connectivity index (χ4v) is 1.26. The van der Waals surface area contributed by atoms with Gasteiger partial charge in [-0.15, -0.1) is 0 Å². The number of anilines is 2. The summed E-state index contributed by atoms with van der Waals surface area (Å²) in [6, 6.07) is 0. The SMILES string of the molecule is CCC(O)CCNc1nc(Cl)nc(NC)n1. The van der Waals surface area contributed by atoms with Crippen molar-refractivity contribution < 1.29 is 5.11 Å². The lowest BCUT2D eigenvalue weighted by Crippen LogP contribution is -2.14. The first-order chi connectivity index (χ1) is 7.65. The zero-order valence-electron chi connectivity index (χ0n) is 9.37. The van der Waals surface area contributed by atoms with Gasteiger partial charge in [-0.1, -0.05) is 6.92 Å². The minimum absolute atomic E-state index is 0.137. The molecule has 0 bridgehead atoms. The number of rotatable bonds is 6. The normalized spacial score (nSPS) is 12.2. The van der Waals surface area contributed by atoms with Gasteiger partial charge < -0.3 is 15.7 Å². The second kappa shape index (κ2) is 6.44. The van der Waals surface area contributed by atoms with E-state index in [1.165, 1.54) is 0 Å². The minimum Gasteiger partial charge on any atom is -0.393 e. The van der Waals surface area contributed by atoms with Gasteiger partial charge in [-0.3, -0.25) is 0 Å². The van der Waals surface area contributed by atoms with Crippen LogP contribution < -0.4 is 10.6 Å². The average Bonchev–Trinajstić information content (AvgIpc) is 2.28. The molecule has 7 heteroatoms. The van der Waals surface area contributed by atoms with Crippen molar-refractivity contribution in [2.24, 2.45) is 0 Å². The number of aliphatic hydroxyl groups excluding tert-OH is 1. The largest absolute Gasteiger partial charge is 0.393 e. The monoisotopic (exact) mass is 245 g/mol. The Morgan fingerprint density at radius 3 is 2.62 bits per heavy atom. The molecule has 1 aromatic heterocycles. The number of nitrogens with zero attached hydrogens (tertiary/aromatic N) is 3. The molecule has 0 amide bonds. The molecule has 1 heterocycles. The van der Waals surface area contributed by atoms with Crippen molar-refractivity contribution in [2.45, 2.75) is 25.9 Å². The highest BCUT2D eigenvalue weighted by Crippen LogP contribution is 2.09. The van der Waals surface area contributed by atoms with Crippen LogP contribution in [0, 0.1) is 0 Å². The van der Waals surface area contributed by atoms with Crippen molar-refractivity contribution in [3.05, 3.63) is 5.28 Å². The second-order valence-corrected chi connectivity index (χ2v) is 3.62. The Morgan fingerprint density at radius 1 is 1.31 bits per heavy atom. The van der Waals surface area contributed by atoms with Crippen LogP contribution in [-0.2, 0) is 0 Å². The Hall–Kier alpha value is -1.14. The van der Waals surface area contributed by atoms with E-state index in [0.717, 1.165) is 6.42 Å². The van der Waals surface area contributed by atoms with E-state index in [4.69, 9.17) is 11.6 Å². The van der Waals surface area contributed by atoms with E-state index >= 15 is 0 Å². The maximum atomic E-state index is 9.36. The van der Waals surface area contributed by atoms with E-state index in [2.05, 4.69) is 25.6 Å². The maximum absolute atomic E-state index is 9.36. The molecule has 0 aliphatic rings. The minimum atomic E-state index is -0.298. The van der Waals surface area contributed by atoms with Gasteiger partial charge in [0, 0.05) is 13.6 Å². The Kier molecular flexibility index (Phi) is 5.21. The first-order valence-electron chi connectivity index (χ1n) is 5.17. The zero-order chi connectivity index (χ0) is 12.0. The van der Waals surface area contributed by atoms with Crippen molar-refractivity contribution in [3.63, 3.8) is 0 Å². The highest BCUT2D eigenvalue weighted by atomic mass is 35.5. The van der Waals surface area contributed by atoms with E-state index in [1.54, 1.807) is 7.05 Å². The van der Waals surface area contributed by atoms with Crippen LogP contribution in [-0.4, -0.2) is 39.8 Å². The number of aliphatic hydroxyl groups is 1. The van der Waals surface area contributed by atoms with Crippen molar-refractivity contribution in [1.82, 2.24) is 15.0 Å². The number of nitrogens with one attached hydrogen (secondary N) is 2. The van der Waals surface area contributed by atoms with Gasteiger partial charge in [0.1, 0.15) is 0 Å². The summed E-state index contributed by atoms with van der Waals surface area (Å²) in [5, 5.41) is 15.3. The molecule has 0 radical (unpaired) electrons. The molecule has 0 saturated carbocycles. The van der Waals surface area contributed by atoms with E-state index in [-0.39, 0.29) is 11.4 Å². The molecular formula is C9H16ClN5O. The standard InChI is InChI=1S/C9H16ClN5O/c1-3-6(16)4-5-12-9-14-7(10)13-8(11-2)15-9/h6,16H,3-5H2,1-2H3,(H2,11,12,13,14,15). The van der Waals surface area contributed by atoms with Crippen molar-refractivity contribution in [1.29, 1.82) is 0 Å². The van der Waals surface area contributed by atoms with Gasteiger partial charge in [-0.05, 0) is 24.4 Å². The quantitative estimate of drug-likeness (QED) is 0.697. The van der Waals surface area contributed by atoms with E-state index in [9.17, 15) is 5.11 Å². The van der Waals surface area contributed by atoms with Gasteiger partial charge in [0.05, 0.1) is 6.10 Å². The third-order valence-electron chi connectivity index (χ3n) is 2.06. The van der Waals surface area contributed by atoms with Crippen LogP contribution in [0.2, 0.25) is 5.28 Å². The van der Waals surface area contributed by atoms with E-state index < -0.39 is 0 Å². The molecule has 0 aliphatic carbocycles. The highest BCUT2D eigenvalue weighted by Gasteiger charge is 2.04. The summed E-state index contributed by atoms with van der Waals surface area (Å²) < 4.78 is 0. The first kappa shape index (κ1) is 12.9. The fourth-order valence-electron chi connectivity index (χ4n) is 1.10. The van der Waals surface area contributed by atoms with E-state index in [1.807, 2.05) is 6.92 Å². The van der Waals surface area contributed by atoms with Gasteiger partial charge in [0.2, 0.25) is 17.2 Å². The van der Waals surface area contributed by atoms with Gasteiger partial charge >= 0.3 is 0 Å². The number of hydrogen-bond acceptors (Lipinski definition) is 6. The molecule has 0 aromatic carbocycles. The number of halogens is 1. The lowest BCUT2D eigenvalue weighted by molar-refractivity contribution is 0.164. The third kappa shape index (κ3) is 4.16. The molecule has 0 aliphatic heterocycles. The average molecular weight is 246 g/mol. The van der Waals surface area contributed by atoms with Gasteiger partial charge in [-0.2, -0.15) is 15.0 Å². The van der Waals surface area contributed by atoms with Gasteiger partial charge in [0.15, 0.2) is 0 Å². The van der Waals surface area contributed by atoms with Gasteiger partial charge in [-0.25, -0.2) is 0 Å². The molecule has 3 N–H and O–H groups in total. The van der Waals surface area contributed by atoms with Crippen LogP contribution in [0.1, 0.15) is 19.8 Å². The summed E-state index contributed by atoms with van der Waals surface area (Å²) in [6.07, 6.45) is 1.09. The van der Waals surface area contributed by atoms with Crippen molar-refractivity contribution in [3.8, 4) is 0 Å². The summed E-state index contributed by atoms with van der Waals surface area (Å²) in [5.41, 5.74) is 0. The molecule has 0 spiro atoms. The van der Waals surface area contributed by atoms with Crippen LogP contribution in [0.3, 0.4) is 0 Å². The fraction of sp³-hybridized carbons (Fsp3) is 0.667. The molecule has 1 aromatic rings. The molecule has 16 heavy (non-hydrogen) atoms. The molecule has 1 rings (SSSR count). The Balaban J connectivity index is 2.50. The van der Waals surface area contributed by atoms with Crippen LogP contribution in [0.4, 0.5) is 11.9 Å². The third-order valence-corrected chi connectivity index (χ3v) is 2.23. The lowest BCUT2D eigenvalue weighted by Gasteiger charge is -2.09. The molecule has 0 fully saturated rings. The predicted molar refractivity (Wildman–Crippen MR) is 63.8 cm³/mol. The molecular weight excluding hydrogens is 230 g/mol.